The molecule has 1 aromatic heterocycles. The van der Waals surface area contributed by atoms with Gasteiger partial charge in [0.05, 0.1) is 23.6 Å². The van der Waals surface area contributed by atoms with Crippen molar-refractivity contribution >= 4 is 11.7 Å². The summed E-state index contributed by atoms with van der Waals surface area (Å²) in [6.07, 6.45) is 0.824. The predicted octanol–water partition coefficient (Wildman–Crippen LogP) is 3.15. The Labute approximate surface area is 133 Å². The van der Waals surface area contributed by atoms with Crippen LogP contribution in [-0.2, 0) is 11.3 Å². The molecule has 2 aromatic rings. The summed E-state index contributed by atoms with van der Waals surface area (Å²) in [6.45, 7) is 2.87. The highest BCUT2D eigenvalue weighted by Crippen LogP contribution is 2.31. The van der Waals surface area contributed by atoms with Gasteiger partial charge >= 0.3 is 5.97 Å². The Bertz CT molecular complexity index is 695. The number of carbonyl (C=O) groups is 1. The van der Waals surface area contributed by atoms with Crippen LogP contribution in [0, 0.1) is 10.1 Å². The first-order valence-electron chi connectivity index (χ1n) is 7.28. The minimum absolute atomic E-state index is 0.0237. The minimum Gasteiger partial charge on any atom is -0.480 e. The van der Waals surface area contributed by atoms with Gasteiger partial charge in [-0.3, -0.25) is 19.8 Å². The van der Waals surface area contributed by atoms with Crippen molar-refractivity contribution in [2.75, 3.05) is 13.1 Å². The first-order chi connectivity index (χ1) is 11.0. The number of rotatable bonds is 8. The van der Waals surface area contributed by atoms with Crippen molar-refractivity contribution in [2.45, 2.75) is 19.9 Å². The van der Waals surface area contributed by atoms with E-state index in [4.69, 9.17) is 9.52 Å². The lowest BCUT2D eigenvalue weighted by Gasteiger charge is -2.17. The highest BCUT2D eigenvalue weighted by molar-refractivity contribution is 5.70. The average molecular weight is 318 g/mol. The van der Waals surface area contributed by atoms with Crippen LogP contribution in [0.2, 0.25) is 0 Å². The van der Waals surface area contributed by atoms with Crippen LogP contribution < -0.4 is 0 Å². The largest absolute Gasteiger partial charge is 0.480 e. The molecule has 0 saturated heterocycles. The van der Waals surface area contributed by atoms with Gasteiger partial charge in [-0.1, -0.05) is 19.1 Å². The molecule has 1 aromatic carbocycles. The lowest BCUT2D eigenvalue weighted by atomic mass is 10.1. The van der Waals surface area contributed by atoms with Crippen LogP contribution in [0.25, 0.3) is 11.3 Å². The molecular formula is C16H18N2O5. The quantitative estimate of drug-likeness (QED) is 0.593. The third kappa shape index (κ3) is 4.40. The van der Waals surface area contributed by atoms with Gasteiger partial charge < -0.3 is 9.52 Å². The second-order valence-corrected chi connectivity index (χ2v) is 5.14. The number of hydrogen-bond donors (Lipinski definition) is 1. The fourth-order valence-corrected chi connectivity index (χ4v) is 2.39. The zero-order chi connectivity index (χ0) is 16.8. The molecular weight excluding hydrogens is 300 g/mol. The molecule has 7 heteroatoms. The van der Waals surface area contributed by atoms with Crippen molar-refractivity contribution in [3.63, 3.8) is 0 Å². The Hall–Kier alpha value is -2.67. The topological polar surface area (TPSA) is 96.8 Å². The number of benzene rings is 1. The van der Waals surface area contributed by atoms with Crippen molar-refractivity contribution in [3.05, 3.63) is 52.3 Å². The Balaban J connectivity index is 2.20. The van der Waals surface area contributed by atoms with Gasteiger partial charge in [0, 0.05) is 6.07 Å². The number of para-hydroxylation sites is 1. The number of furan rings is 1. The fraction of sp³-hybridized carbons (Fsp3) is 0.312. The first kappa shape index (κ1) is 16.7. The summed E-state index contributed by atoms with van der Waals surface area (Å²) in [5, 5.41) is 20.0. The number of nitro benzene ring substituents is 1. The van der Waals surface area contributed by atoms with Crippen LogP contribution in [0.5, 0.6) is 0 Å². The van der Waals surface area contributed by atoms with E-state index >= 15 is 0 Å². The molecule has 0 aliphatic rings. The van der Waals surface area contributed by atoms with E-state index in [1.165, 1.54) is 6.07 Å². The monoisotopic (exact) mass is 318 g/mol. The zero-order valence-electron chi connectivity index (χ0n) is 12.8. The Kier molecular flexibility index (Phi) is 5.48. The molecule has 1 N–H and O–H groups in total. The molecule has 0 fully saturated rings. The fourth-order valence-electron chi connectivity index (χ4n) is 2.39. The Morgan fingerprint density at radius 1 is 1.30 bits per heavy atom. The number of carboxylic acids is 1. The van der Waals surface area contributed by atoms with Crippen LogP contribution >= 0.6 is 0 Å². The molecule has 1 heterocycles. The van der Waals surface area contributed by atoms with Crippen molar-refractivity contribution < 1.29 is 19.2 Å². The van der Waals surface area contributed by atoms with Gasteiger partial charge in [0.15, 0.2) is 0 Å². The van der Waals surface area contributed by atoms with E-state index in [0.717, 1.165) is 6.42 Å². The number of nitrogens with zero attached hydrogens (tertiary/aromatic N) is 2. The van der Waals surface area contributed by atoms with E-state index in [0.29, 0.717) is 30.2 Å². The Morgan fingerprint density at radius 3 is 2.70 bits per heavy atom. The molecule has 0 aliphatic heterocycles. The summed E-state index contributed by atoms with van der Waals surface area (Å²) in [7, 11) is 0. The van der Waals surface area contributed by atoms with Crippen LogP contribution in [0.3, 0.4) is 0 Å². The zero-order valence-corrected chi connectivity index (χ0v) is 12.8. The molecule has 0 bridgehead atoms. The summed E-state index contributed by atoms with van der Waals surface area (Å²) >= 11 is 0. The van der Waals surface area contributed by atoms with Crippen LogP contribution in [0.4, 0.5) is 5.69 Å². The second kappa shape index (κ2) is 7.55. The van der Waals surface area contributed by atoms with Crippen molar-refractivity contribution in [1.29, 1.82) is 0 Å². The first-order valence-corrected chi connectivity index (χ1v) is 7.28. The van der Waals surface area contributed by atoms with E-state index in [1.807, 2.05) is 6.92 Å². The lowest BCUT2D eigenvalue weighted by molar-refractivity contribution is -0.384. The molecule has 2 rings (SSSR count). The summed E-state index contributed by atoms with van der Waals surface area (Å²) in [4.78, 5) is 23.3. The third-order valence-corrected chi connectivity index (χ3v) is 3.31. The summed E-state index contributed by atoms with van der Waals surface area (Å²) in [5.41, 5.74) is 0.383. The SMILES string of the molecule is CCCN(CC(=O)O)Cc1ccc(-c2ccccc2[N+](=O)[O-])o1. The lowest BCUT2D eigenvalue weighted by Crippen LogP contribution is -2.29. The van der Waals surface area contributed by atoms with Crippen molar-refractivity contribution in [1.82, 2.24) is 4.90 Å². The Morgan fingerprint density at radius 2 is 2.04 bits per heavy atom. The molecule has 0 aliphatic carbocycles. The molecule has 0 radical (unpaired) electrons. The highest BCUT2D eigenvalue weighted by atomic mass is 16.6. The van der Waals surface area contributed by atoms with Gasteiger partial charge in [-0.2, -0.15) is 0 Å². The minimum atomic E-state index is -0.899. The van der Waals surface area contributed by atoms with E-state index in [2.05, 4.69) is 0 Å². The normalized spacial score (nSPS) is 10.9. The van der Waals surface area contributed by atoms with E-state index in [1.54, 1.807) is 35.2 Å². The summed E-state index contributed by atoms with van der Waals surface area (Å²) in [6, 6.07) is 9.74. The number of carboxylic acid groups (broad SMARTS) is 1. The highest BCUT2D eigenvalue weighted by Gasteiger charge is 2.18. The predicted molar refractivity (Wildman–Crippen MR) is 84.0 cm³/mol. The smallest absolute Gasteiger partial charge is 0.317 e. The summed E-state index contributed by atoms with van der Waals surface area (Å²) in [5.74, 6) is 0.0795. The van der Waals surface area contributed by atoms with Gasteiger partial charge in [0.1, 0.15) is 11.5 Å². The van der Waals surface area contributed by atoms with E-state index in [9.17, 15) is 14.9 Å². The maximum Gasteiger partial charge on any atom is 0.317 e. The molecule has 7 nitrogen and oxygen atoms in total. The second-order valence-electron chi connectivity index (χ2n) is 5.14. The van der Waals surface area contributed by atoms with Crippen molar-refractivity contribution in [3.8, 4) is 11.3 Å². The molecule has 0 saturated carbocycles. The number of hydrogen-bond acceptors (Lipinski definition) is 5. The molecule has 23 heavy (non-hydrogen) atoms. The molecule has 0 amide bonds. The van der Waals surface area contributed by atoms with Gasteiger partial charge in [0.25, 0.3) is 5.69 Å². The number of nitro groups is 1. The average Bonchev–Trinajstić information content (AvgIpc) is 2.95. The molecule has 0 atom stereocenters. The van der Waals surface area contributed by atoms with Crippen molar-refractivity contribution in [2.24, 2.45) is 0 Å². The molecule has 122 valence electrons. The third-order valence-electron chi connectivity index (χ3n) is 3.31. The summed E-state index contributed by atoms with van der Waals surface area (Å²) < 4.78 is 5.68. The number of aliphatic carboxylic acids is 1. The van der Waals surface area contributed by atoms with Gasteiger partial charge in [0.2, 0.25) is 0 Å². The van der Waals surface area contributed by atoms with Crippen LogP contribution in [0.15, 0.2) is 40.8 Å². The maximum absolute atomic E-state index is 11.1. The van der Waals surface area contributed by atoms with E-state index in [-0.39, 0.29) is 12.2 Å². The van der Waals surface area contributed by atoms with Gasteiger partial charge in [-0.25, -0.2) is 0 Å². The standard InChI is InChI=1S/C16H18N2O5/c1-2-9-17(11-16(19)20)10-12-7-8-15(23-12)13-5-3-4-6-14(13)18(21)22/h3-8H,2,9-11H2,1H3,(H,19,20). The maximum atomic E-state index is 11.1. The van der Waals surface area contributed by atoms with Gasteiger partial charge in [-0.05, 0) is 31.2 Å². The van der Waals surface area contributed by atoms with Crippen LogP contribution in [0.1, 0.15) is 19.1 Å². The van der Waals surface area contributed by atoms with Gasteiger partial charge in [-0.15, -0.1) is 0 Å². The van der Waals surface area contributed by atoms with E-state index < -0.39 is 10.9 Å². The molecule has 0 unspecified atom stereocenters. The molecule has 0 spiro atoms. The van der Waals surface area contributed by atoms with Crippen LogP contribution in [-0.4, -0.2) is 34.0 Å².